The third kappa shape index (κ3) is 1.50. The molecule has 1 unspecified atom stereocenters. The van der Waals surface area contributed by atoms with Crippen LogP contribution in [-0.4, -0.2) is 15.3 Å². The first-order valence-corrected chi connectivity index (χ1v) is 4.68. The molecule has 70 valence electrons. The Hall–Kier alpha value is -1.12. The first-order valence-electron chi connectivity index (χ1n) is 4.68. The number of Topliss-reactive ketones (excluding diaryl/α,β-unsaturated/α-hetero) is 1. The fourth-order valence-electron chi connectivity index (χ4n) is 1.85. The molecule has 0 spiro atoms. The van der Waals surface area contributed by atoms with Gasteiger partial charge in [-0.3, -0.25) is 4.79 Å². The molecule has 1 fully saturated rings. The lowest BCUT2D eigenvalue weighted by molar-refractivity contribution is -0.117. The van der Waals surface area contributed by atoms with E-state index in [0.29, 0.717) is 18.1 Å². The van der Waals surface area contributed by atoms with Crippen LogP contribution in [0.1, 0.15) is 36.7 Å². The van der Waals surface area contributed by atoms with Gasteiger partial charge in [-0.25, -0.2) is 4.98 Å². The van der Waals surface area contributed by atoms with E-state index in [4.69, 9.17) is 0 Å². The summed E-state index contributed by atoms with van der Waals surface area (Å²) in [5.41, 5.74) is 1.09. The van der Waals surface area contributed by atoms with Crippen LogP contribution in [0.25, 0.3) is 0 Å². The van der Waals surface area contributed by atoms with Gasteiger partial charge >= 0.3 is 0 Å². The Morgan fingerprint density at radius 3 is 2.85 bits per heavy atom. The largest absolute Gasteiger partial charge is 0.338 e. The summed E-state index contributed by atoms with van der Waals surface area (Å²) in [5, 5.41) is 0. The van der Waals surface area contributed by atoms with E-state index in [1.54, 1.807) is 0 Å². The molecular weight excluding hydrogens is 164 g/mol. The van der Waals surface area contributed by atoms with Crippen molar-refractivity contribution >= 4 is 5.78 Å². The van der Waals surface area contributed by atoms with Crippen molar-refractivity contribution in [3.63, 3.8) is 0 Å². The fraction of sp³-hybridized carbons (Fsp3) is 0.600. The summed E-state index contributed by atoms with van der Waals surface area (Å²) in [5.74, 6) is 1.79. The zero-order valence-electron chi connectivity index (χ0n) is 8.08. The minimum Gasteiger partial charge on any atom is -0.338 e. The molecule has 1 aliphatic rings. The van der Waals surface area contributed by atoms with Gasteiger partial charge in [0.2, 0.25) is 0 Å². The Balaban J connectivity index is 2.21. The van der Waals surface area contributed by atoms with Gasteiger partial charge in [0.15, 0.2) is 0 Å². The second-order valence-electron chi connectivity index (χ2n) is 3.80. The zero-order valence-corrected chi connectivity index (χ0v) is 8.08. The molecule has 3 heteroatoms. The van der Waals surface area contributed by atoms with Crippen LogP contribution in [-0.2, 0) is 11.8 Å². The molecule has 0 N–H and O–H groups in total. The average molecular weight is 178 g/mol. The van der Waals surface area contributed by atoms with Gasteiger partial charge in [0.1, 0.15) is 11.6 Å². The van der Waals surface area contributed by atoms with Crippen LogP contribution in [0.4, 0.5) is 0 Å². The van der Waals surface area contributed by atoms with Gasteiger partial charge in [0, 0.05) is 32.0 Å². The van der Waals surface area contributed by atoms with Crippen LogP contribution in [0.3, 0.4) is 0 Å². The van der Waals surface area contributed by atoms with Crippen molar-refractivity contribution in [1.82, 2.24) is 9.55 Å². The van der Waals surface area contributed by atoms with Crippen LogP contribution in [0, 0.1) is 6.92 Å². The second-order valence-corrected chi connectivity index (χ2v) is 3.80. The fourth-order valence-corrected chi connectivity index (χ4v) is 1.85. The number of aryl methyl sites for hydroxylation is 2. The first-order chi connectivity index (χ1) is 6.16. The molecule has 1 saturated carbocycles. The molecule has 2 rings (SSSR count). The highest BCUT2D eigenvalue weighted by Gasteiger charge is 2.25. The third-order valence-electron chi connectivity index (χ3n) is 2.79. The predicted molar refractivity (Wildman–Crippen MR) is 49.5 cm³/mol. The van der Waals surface area contributed by atoms with Gasteiger partial charge in [-0.15, -0.1) is 0 Å². The molecule has 0 aliphatic heterocycles. The lowest BCUT2D eigenvalue weighted by Crippen LogP contribution is -1.94. The topological polar surface area (TPSA) is 34.9 Å². The molecule has 0 amide bonds. The molecule has 1 aromatic heterocycles. The SMILES string of the molecule is Cc1nc(C2CCC(=O)C2)cn1C. The monoisotopic (exact) mass is 178 g/mol. The van der Waals surface area contributed by atoms with Crippen molar-refractivity contribution < 1.29 is 4.79 Å². The number of carbonyl (C=O) groups is 1. The Morgan fingerprint density at radius 2 is 2.38 bits per heavy atom. The average Bonchev–Trinajstić information content (AvgIpc) is 2.61. The van der Waals surface area contributed by atoms with Gasteiger partial charge < -0.3 is 4.57 Å². The highest BCUT2D eigenvalue weighted by Crippen LogP contribution is 2.30. The number of ketones is 1. The Labute approximate surface area is 77.8 Å². The maximum atomic E-state index is 11.1. The molecule has 0 radical (unpaired) electrons. The van der Waals surface area contributed by atoms with Gasteiger partial charge in [-0.05, 0) is 13.3 Å². The number of hydrogen-bond acceptors (Lipinski definition) is 2. The molecule has 1 aliphatic carbocycles. The normalized spacial score (nSPS) is 22.6. The first kappa shape index (κ1) is 8.48. The predicted octanol–water partition coefficient (Wildman–Crippen LogP) is 1.57. The highest BCUT2D eigenvalue weighted by molar-refractivity contribution is 5.81. The van der Waals surface area contributed by atoms with Crippen molar-refractivity contribution in [3.8, 4) is 0 Å². The second kappa shape index (κ2) is 2.98. The Morgan fingerprint density at radius 1 is 1.62 bits per heavy atom. The van der Waals surface area contributed by atoms with Crippen LogP contribution < -0.4 is 0 Å². The summed E-state index contributed by atoms with van der Waals surface area (Å²) >= 11 is 0. The lowest BCUT2D eigenvalue weighted by atomic mass is 10.1. The van der Waals surface area contributed by atoms with Crippen LogP contribution >= 0.6 is 0 Å². The van der Waals surface area contributed by atoms with Gasteiger partial charge in [-0.2, -0.15) is 0 Å². The minimum absolute atomic E-state index is 0.382. The maximum Gasteiger partial charge on any atom is 0.133 e. The summed E-state index contributed by atoms with van der Waals surface area (Å²) < 4.78 is 2.01. The number of hydrogen-bond donors (Lipinski definition) is 0. The molecular formula is C10H14N2O. The van der Waals surface area contributed by atoms with Gasteiger partial charge in [0.25, 0.3) is 0 Å². The molecule has 3 nitrogen and oxygen atoms in total. The summed E-state index contributed by atoms with van der Waals surface area (Å²) in [4.78, 5) is 15.5. The van der Waals surface area contributed by atoms with Crippen molar-refractivity contribution in [2.24, 2.45) is 7.05 Å². The maximum absolute atomic E-state index is 11.1. The third-order valence-corrected chi connectivity index (χ3v) is 2.79. The lowest BCUT2D eigenvalue weighted by Gasteiger charge is -2.01. The zero-order chi connectivity index (χ0) is 9.42. The van der Waals surface area contributed by atoms with E-state index in [1.807, 2.05) is 24.7 Å². The van der Waals surface area contributed by atoms with E-state index >= 15 is 0 Å². The molecule has 0 aromatic carbocycles. The summed E-state index contributed by atoms with van der Waals surface area (Å²) in [6.45, 7) is 1.99. The Kier molecular flexibility index (Phi) is 1.94. The standard InChI is InChI=1S/C10H14N2O/c1-7-11-10(6-12(7)2)8-3-4-9(13)5-8/h6,8H,3-5H2,1-2H3. The molecule has 13 heavy (non-hydrogen) atoms. The molecule has 1 atom stereocenters. The van der Waals surface area contributed by atoms with E-state index < -0.39 is 0 Å². The van der Waals surface area contributed by atoms with Crippen molar-refractivity contribution in [3.05, 3.63) is 17.7 Å². The number of imidazole rings is 1. The van der Waals surface area contributed by atoms with E-state index in [0.717, 1.165) is 24.4 Å². The van der Waals surface area contributed by atoms with Crippen LogP contribution in [0.5, 0.6) is 0 Å². The van der Waals surface area contributed by atoms with Gasteiger partial charge in [0.05, 0.1) is 5.69 Å². The quantitative estimate of drug-likeness (QED) is 0.654. The molecule has 0 saturated heterocycles. The molecule has 1 heterocycles. The number of carbonyl (C=O) groups excluding carboxylic acids is 1. The van der Waals surface area contributed by atoms with E-state index in [1.165, 1.54) is 0 Å². The Bertz CT molecular complexity index is 321. The van der Waals surface area contributed by atoms with Gasteiger partial charge in [-0.1, -0.05) is 0 Å². The molecule has 0 bridgehead atoms. The van der Waals surface area contributed by atoms with Crippen molar-refractivity contribution in [2.75, 3.05) is 0 Å². The summed E-state index contributed by atoms with van der Waals surface area (Å²) in [6, 6.07) is 0. The van der Waals surface area contributed by atoms with Crippen molar-refractivity contribution in [1.29, 1.82) is 0 Å². The van der Waals surface area contributed by atoms with E-state index in [9.17, 15) is 4.79 Å². The minimum atomic E-state index is 0.382. The number of aromatic nitrogens is 2. The smallest absolute Gasteiger partial charge is 0.133 e. The van der Waals surface area contributed by atoms with Crippen molar-refractivity contribution in [2.45, 2.75) is 32.1 Å². The highest BCUT2D eigenvalue weighted by atomic mass is 16.1. The van der Waals surface area contributed by atoms with E-state index in [2.05, 4.69) is 4.98 Å². The molecule has 1 aromatic rings. The number of nitrogens with zero attached hydrogens (tertiary/aromatic N) is 2. The summed E-state index contributed by atoms with van der Waals surface area (Å²) in [6.07, 6.45) is 4.45. The van der Waals surface area contributed by atoms with Crippen LogP contribution in [0.15, 0.2) is 6.20 Å². The number of rotatable bonds is 1. The summed E-state index contributed by atoms with van der Waals surface area (Å²) in [7, 11) is 1.99. The van der Waals surface area contributed by atoms with E-state index in [-0.39, 0.29) is 0 Å². The van der Waals surface area contributed by atoms with Crippen LogP contribution in [0.2, 0.25) is 0 Å².